The first-order valence-corrected chi connectivity index (χ1v) is 5.54. The van der Waals surface area contributed by atoms with Crippen LogP contribution in [0.1, 0.15) is 5.56 Å². The molecule has 0 radical (unpaired) electrons. The van der Waals surface area contributed by atoms with Crippen molar-refractivity contribution >= 4 is 19.7 Å². The molecule has 0 amide bonds. The van der Waals surface area contributed by atoms with Gasteiger partial charge in [0.05, 0.1) is 0 Å². The molecule has 6 heteroatoms. The summed E-state index contributed by atoms with van der Waals surface area (Å²) in [5.41, 5.74) is 0.0284. The highest BCUT2D eigenvalue weighted by Crippen LogP contribution is 2.24. The Labute approximate surface area is 78.6 Å². The van der Waals surface area contributed by atoms with Crippen LogP contribution in [0.5, 0.6) is 0 Å². The average Bonchev–Trinajstić information content (AvgIpc) is 1.95. The highest BCUT2D eigenvalue weighted by Gasteiger charge is 2.22. The third-order valence-electron chi connectivity index (χ3n) is 1.49. The van der Waals surface area contributed by atoms with E-state index in [4.69, 9.17) is 10.7 Å². The molecule has 1 rings (SSSR count). The van der Waals surface area contributed by atoms with E-state index in [1.54, 1.807) is 0 Å². The van der Waals surface area contributed by atoms with E-state index in [1.807, 2.05) is 0 Å². The maximum absolute atomic E-state index is 13.1. The Morgan fingerprint density at radius 3 is 2.23 bits per heavy atom. The van der Waals surface area contributed by atoms with Gasteiger partial charge in [0.1, 0.15) is 11.6 Å². The van der Waals surface area contributed by atoms with Crippen LogP contribution in [0, 0.1) is 18.6 Å². The predicted molar refractivity (Wildman–Crippen MR) is 44.1 cm³/mol. The second-order valence-corrected chi connectivity index (χ2v) is 4.95. The minimum Gasteiger partial charge on any atom is -0.207 e. The lowest BCUT2D eigenvalue weighted by molar-refractivity contribution is 0.519. The number of benzene rings is 1. The van der Waals surface area contributed by atoms with Crippen LogP contribution in [0.2, 0.25) is 0 Å². The molecule has 0 N–H and O–H groups in total. The number of hydrogen-bond donors (Lipinski definition) is 0. The van der Waals surface area contributed by atoms with Gasteiger partial charge in [-0.05, 0) is 18.6 Å². The lowest BCUT2D eigenvalue weighted by Crippen LogP contribution is -2.01. The molecule has 0 bridgehead atoms. The Balaban J connectivity index is 3.62. The van der Waals surface area contributed by atoms with Crippen molar-refractivity contribution in [3.63, 3.8) is 0 Å². The first kappa shape index (κ1) is 10.4. The second-order valence-electron chi connectivity index (χ2n) is 2.45. The number of aryl methyl sites for hydroxylation is 1. The number of hydrogen-bond acceptors (Lipinski definition) is 2. The van der Waals surface area contributed by atoms with E-state index >= 15 is 0 Å². The van der Waals surface area contributed by atoms with Crippen LogP contribution in [0.3, 0.4) is 0 Å². The fourth-order valence-electron chi connectivity index (χ4n) is 0.854. The van der Waals surface area contributed by atoms with Gasteiger partial charge >= 0.3 is 0 Å². The van der Waals surface area contributed by atoms with Crippen molar-refractivity contribution in [1.29, 1.82) is 0 Å². The van der Waals surface area contributed by atoms with Gasteiger partial charge in [-0.2, -0.15) is 0 Å². The first-order chi connectivity index (χ1) is 5.84. The molecule has 1 aromatic rings. The molecule has 0 fully saturated rings. The first-order valence-electron chi connectivity index (χ1n) is 3.23. The van der Waals surface area contributed by atoms with Gasteiger partial charge < -0.3 is 0 Å². The maximum atomic E-state index is 13.1. The van der Waals surface area contributed by atoms with Crippen LogP contribution in [-0.4, -0.2) is 8.42 Å². The zero-order chi connectivity index (χ0) is 10.2. The zero-order valence-electron chi connectivity index (χ0n) is 6.51. The molecule has 0 aliphatic carbocycles. The summed E-state index contributed by atoms with van der Waals surface area (Å²) in [5.74, 6) is -2.33. The lowest BCUT2D eigenvalue weighted by Gasteiger charge is -2.02. The summed E-state index contributed by atoms with van der Waals surface area (Å²) in [6.45, 7) is 1.32. The molecule has 0 aliphatic heterocycles. The van der Waals surface area contributed by atoms with Crippen molar-refractivity contribution in [1.82, 2.24) is 0 Å². The van der Waals surface area contributed by atoms with Crippen molar-refractivity contribution < 1.29 is 17.2 Å². The van der Waals surface area contributed by atoms with E-state index in [1.165, 1.54) is 6.92 Å². The summed E-state index contributed by atoms with van der Waals surface area (Å²) < 4.78 is 47.3. The van der Waals surface area contributed by atoms with E-state index in [2.05, 4.69) is 0 Å². The standard InChI is InChI=1S/C7H5ClF2O2S/c1-4-2-3-5(9)7(6(4)10)13(8,11)12/h2-3H,1H3. The van der Waals surface area contributed by atoms with E-state index < -0.39 is 25.6 Å². The Kier molecular flexibility index (Phi) is 2.58. The van der Waals surface area contributed by atoms with E-state index in [0.717, 1.165) is 12.1 Å². The van der Waals surface area contributed by atoms with Gasteiger partial charge in [0, 0.05) is 10.7 Å². The van der Waals surface area contributed by atoms with Crippen LogP contribution in [0.4, 0.5) is 8.78 Å². The molecular weight excluding hydrogens is 222 g/mol. The van der Waals surface area contributed by atoms with Crippen molar-refractivity contribution in [3.05, 3.63) is 29.3 Å². The molecule has 0 saturated heterocycles. The minimum absolute atomic E-state index is 0.0284. The van der Waals surface area contributed by atoms with Crippen molar-refractivity contribution in [3.8, 4) is 0 Å². The third kappa shape index (κ3) is 1.97. The van der Waals surface area contributed by atoms with Crippen LogP contribution in [-0.2, 0) is 9.05 Å². The summed E-state index contributed by atoms with van der Waals surface area (Å²) >= 11 is 0. The van der Waals surface area contributed by atoms with Gasteiger partial charge in [-0.1, -0.05) is 6.07 Å². The zero-order valence-corrected chi connectivity index (χ0v) is 8.09. The van der Waals surface area contributed by atoms with Gasteiger partial charge in [-0.15, -0.1) is 0 Å². The van der Waals surface area contributed by atoms with Crippen molar-refractivity contribution in [2.75, 3.05) is 0 Å². The van der Waals surface area contributed by atoms with E-state index in [-0.39, 0.29) is 5.56 Å². The Bertz CT molecular complexity index is 442. The molecule has 0 heterocycles. The minimum atomic E-state index is -4.36. The molecule has 0 atom stereocenters. The normalized spacial score (nSPS) is 11.7. The Morgan fingerprint density at radius 1 is 1.31 bits per heavy atom. The fraction of sp³-hybridized carbons (Fsp3) is 0.143. The van der Waals surface area contributed by atoms with E-state index in [9.17, 15) is 17.2 Å². The highest BCUT2D eigenvalue weighted by atomic mass is 35.7. The molecular formula is C7H5ClF2O2S. The summed E-state index contributed by atoms with van der Waals surface area (Å²) in [6.07, 6.45) is 0. The number of halogens is 3. The quantitative estimate of drug-likeness (QED) is 0.688. The third-order valence-corrected chi connectivity index (χ3v) is 2.81. The molecule has 1 aromatic carbocycles. The van der Waals surface area contributed by atoms with E-state index in [0.29, 0.717) is 0 Å². The number of rotatable bonds is 1. The SMILES string of the molecule is Cc1ccc(F)c(S(=O)(=O)Cl)c1F. The van der Waals surface area contributed by atoms with Crippen LogP contribution >= 0.6 is 10.7 Å². The van der Waals surface area contributed by atoms with Crippen LogP contribution < -0.4 is 0 Å². The topological polar surface area (TPSA) is 34.1 Å². The van der Waals surface area contributed by atoms with Crippen molar-refractivity contribution in [2.45, 2.75) is 11.8 Å². The van der Waals surface area contributed by atoms with Crippen molar-refractivity contribution in [2.24, 2.45) is 0 Å². The van der Waals surface area contributed by atoms with Gasteiger partial charge in [-0.25, -0.2) is 17.2 Å². The van der Waals surface area contributed by atoms with Crippen LogP contribution in [0.15, 0.2) is 17.0 Å². The molecule has 0 unspecified atom stereocenters. The largest absolute Gasteiger partial charge is 0.267 e. The highest BCUT2D eigenvalue weighted by molar-refractivity contribution is 8.13. The predicted octanol–water partition coefficient (Wildman–Crippen LogP) is 2.20. The maximum Gasteiger partial charge on any atom is 0.267 e. The molecule has 13 heavy (non-hydrogen) atoms. The average molecular weight is 227 g/mol. The summed E-state index contributed by atoms with van der Waals surface area (Å²) in [4.78, 5) is -1.09. The molecule has 0 spiro atoms. The molecule has 0 aromatic heterocycles. The van der Waals surface area contributed by atoms with Gasteiger partial charge in [0.2, 0.25) is 0 Å². The van der Waals surface area contributed by atoms with Gasteiger partial charge in [-0.3, -0.25) is 0 Å². The monoisotopic (exact) mass is 226 g/mol. The lowest BCUT2D eigenvalue weighted by atomic mass is 10.2. The summed E-state index contributed by atoms with van der Waals surface area (Å²) in [7, 11) is 0.469. The Morgan fingerprint density at radius 2 is 1.85 bits per heavy atom. The second kappa shape index (κ2) is 3.23. The van der Waals surface area contributed by atoms with Gasteiger partial charge in [0.25, 0.3) is 9.05 Å². The molecule has 2 nitrogen and oxygen atoms in total. The summed E-state index contributed by atoms with van der Waals surface area (Å²) in [5, 5.41) is 0. The smallest absolute Gasteiger partial charge is 0.207 e. The molecule has 0 aliphatic rings. The van der Waals surface area contributed by atoms with Crippen LogP contribution in [0.25, 0.3) is 0 Å². The molecule has 72 valence electrons. The Hall–Kier alpha value is -0.680. The summed E-state index contributed by atoms with van der Waals surface area (Å²) in [6, 6.07) is 1.99. The fourth-order valence-corrected chi connectivity index (χ4v) is 1.95. The van der Waals surface area contributed by atoms with Gasteiger partial charge in [0.15, 0.2) is 4.90 Å². The molecule has 0 saturated carbocycles.